The molecule has 158 valence electrons. The summed E-state index contributed by atoms with van der Waals surface area (Å²) in [6, 6.07) is 15.9. The summed E-state index contributed by atoms with van der Waals surface area (Å²) in [6.45, 7) is 1.00. The van der Waals surface area contributed by atoms with Gasteiger partial charge in [0.2, 0.25) is 5.79 Å². The summed E-state index contributed by atoms with van der Waals surface area (Å²) in [6.07, 6.45) is 7.65. The van der Waals surface area contributed by atoms with Crippen molar-refractivity contribution in [3.05, 3.63) is 84.7 Å². The van der Waals surface area contributed by atoms with E-state index >= 15 is 0 Å². The average molecular weight is 418 g/mol. The van der Waals surface area contributed by atoms with Crippen LogP contribution in [0.25, 0.3) is 5.69 Å². The molecule has 3 heterocycles. The summed E-state index contributed by atoms with van der Waals surface area (Å²) < 4.78 is 21.7. The van der Waals surface area contributed by atoms with E-state index in [2.05, 4.69) is 32.6 Å². The van der Waals surface area contributed by atoms with Gasteiger partial charge >= 0.3 is 0 Å². The Bertz CT molecular complexity index is 1100. The van der Waals surface area contributed by atoms with Crippen molar-refractivity contribution in [2.75, 3.05) is 13.7 Å². The Balaban J connectivity index is 1.34. The predicted molar refractivity (Wildman–Crippen MR) is 111 cm³/mol. The Labute approximate surface area is 179 Å². The molecule has 2 aromatic carbocycles. The Morgan fingerprint density at radius 1 is 1.10 bits per heavy atom. The zero-order chi connectivity index (χ0) is 21.1. The van der Waals surface area contributed by atoms with E-state index in [4.69, 9.17) is 14.2 Å². The highest BCUT2D eigenvalue weighted by Gasteiger charge is 2.43. The molecule has 2 atom stereocenters. The van der Waals surface area contributed by atoms with Crippen molar-refractivity contribution in [1.82, 2.24) is 29.8 Å². The van der Waals surface area contributed by atoms with Crippen LogP contribution in [0.1, 0.15) is 11.1 Å². The van der Waals surface area contributed by atoms with Gasteiger partial charge in [-0.3, -0.25) is 0 Å². The average Bonchev–Trinajstić information content (AvgIpc) is 3.58. The first-order valence-electron chi connectivity index (χ1n) is 9.98. The molecular weight excluding hydrogens is 396 g/mol. The molecule has 0 saturated carbocycles. The quantitative estimate of drug-likeness (QED) is 0.455. The third-order valence-electron chi connectivity index (χ3n) is 5.35. The van der Waals surface area contributed by atoms with Gasteiger partial charge in [0.1, 0.15) is 12.1 Å². The number of aromatic nitrogens is 6. The van der Waals surface area contributed by atoms with Gasteiger partial charge in [-0.15, -0.1) is 5.10 Å². The molecule has 0 spiro atoms. The maximum Gasteiger partial charge on any atom is 0.213 e. The minimum absolute atomic E-state index is 0.0792. The Morgan fingerprint density at radius 3 is 2.61 bits per heavy atom. The van der Waals surface area contributed by atoms with Crippen LogP contribution >= 0.6 is 0 Å². The second-order valence-electron chi connectivity index (χ2n) is 7.39. The van der Waals surface area contributed by atoms with E-state index in [1.165, 1.54) is 0 Å². The minimum atomic E-state index is -0.885. The first kappa shape index (κ1) is 19.4. The molecule has 31 heavy (non-hydrogen) atoms. The molecule has 9 nitrogen and oxygen atoms in total. The standard InChI is InChI=1S/C22H22N6O3/c1-29-20-8-4-18(5-9-20)22(14-27-11-10-23-15-27)30-13-21(31-22)12-17-2-6-19(7-3-17)28-16-24-25-26-28/h2-11,15-16,21H,12-14H2,1H3. The van der Waals surface area contributed by atoms with Crippen molar-refractivity contribution in [3.63, 3.8) is 0 Å². The summed E-state index contributed by atoms with van der Waals surface area (Å²) in [7, 11) is 1.65. The van der Waals surface area contributed by atoms with E-state index < -0.39 is 5.79 Å². The maximum absolute atomic E-state index is 6.54. The third-order valence-corrected chi connectivity index (χ3v) is 5.35. The number of nitrogens with zero attached hydrogens (tertiary/aromatic N) is 6. The number of rotatable bonds is 7. The van der Waals surface area contributed by atoms with Crippen molar-refractivity contribution in [1.29, 1.82) is 0 Å². The zero-order valence-electron chi connectivity index (χ0n) is 17.0. The van der Waals surface area contributed by atoms with Gasteiger partial charge in [0.05, 0.1) is 38.4 Å². The fourth-order valence-corrected chi connectivity index (χ4v) is 3.78. The normalized spacial score (nSPS) is 20.7. The van der Waals surface area contributed by atoms with Crippen molar-refractivity contribution < 1.29 is 14.2 Å². The molecule has 1 fully saturated rings. The van der Waals surface area contributed by atoms with Crippen LogP contribution in [0.3, 0.4) is 0 Å². The van der Waals surface area contributed by atoms with Crippen LogP contribution in [0.2, 0.25) is 0 Å². The molecule has 0 bridgehead atoms. The van der Waals surface area contributed by atoms with E-state index in [0.717, 1.165) is 29.0 Å². The second kappa shape index (κ2) is 8.29. The van der Waals surface area contributed by atoms with Gasteiger partial charge in [0, 0.05) is 24.4 Å². The van der Waals surface area contributed by atoms with Crippen LogP contribution in [0, 0.1) is 0 Å². The lowest BCUT2D eigenvalue weighted by atomic mass is 10.0. The molecule has 0 N–H and O–H groups in total. The molecule has 2 aromatic heterocycles. The van der Waals surface area contributed by atoms with Crippen molar-refractivity contribution in [2.24, 2.45) is 0 Å². The van der Waals surface area contributed by atoms with E-state index in [9.17, 15) is 0 Å². The Hall–Kier alpha value is -3.56. The van der Waals surface area contributed by atoms with Crippen LogP contribution in [0.15, 0.2) is 73.6 Å². The molecule has 5 rings (SSSR count). The number of imidazole rings is 1. The van der Waals surface area contributed by atoms with Crippen LogP contribution in [0.5, 0.6) is 5.75 Å². The summed E-state index contributed by atoms with van der Waals surface area (Å²) in [4.78, 5) is 4.15. The van der Waals surface area contributed by atoms with Crippen LogP contribution in [-0.4, -0.2) is 49.6 Å². The topological polar surface area (TPSA) is 89.1 Å². The molecule has 9 heteroatoms. The molecule has 2 unspecified atom stereocenters. The molecule has 1 saturated heterocycles. The number of tetrazole rings is 1. The molecule has 0 aliphatic carbocycles. The van der Waals surface area contributed by atoms with Gasteiger partial charge < -0.3 is 18.8 Å². The molecular formula is C22H22N6O3. The molecule has 0 amide bonds. The number of benzene rings is 2. The first-order chi connectivity index (χ1) is 15.2. The molecule has 1 aliphatic heterocycles. The van der Waals surface area contributed by atoms with E-state index in [-0.39, 0.29) is 6.10 Å². The van der Waals surface area contributed by atoms with Gasteiger partial charge in [-0.05, 0) is 52.4 Å². The smallest absolute Gasteiger partial charge is 0.213 e. The predicted octanol–water partition coefficient (Wildman–Crippen LogP) is 2.38. The third kappa shape index (κ3) is 4.05. The second-order valence-corrected chi connectivity index (χ2v) is 7.39. The van der Waals surface area contributed by atoms with Crippen molar-refractivity contribution >= 4 is 0 Å². The first-order valence-corrected chi connectivity index (χ1v) is 9.98. The van der Waals surface area contributed by atoms with E-state index in [1.54, 1.807) is 30.6 Å². The van der Waals surface area contributed by atoms with Gasteiger partial charge in [-0.25, -0.2) is 9.67 Å². The van der Waals surface area contributed by atoms with Gasteiger partial charge in [0.25, 0.3) is 0 Å². The van der Waals surface area contributed by atoms with Gasteiger partial charge in [0.15, 0.2) is 0 Å². The monoisotopic (exact) mass is 418 g/mol. The Morgan fingerprint density at radius 2 is 1.94 bits per heavy atom. The van der Waals surface area contributed by atoms with Gasteiger partial charge in [-0.1, -0.05) is 12.1 Å². The number of hydrogen-bond acceptors (Lipinski definition) is 7. The fraction of sp³-hybridized carbons (Fsp3) is 0.273. The fourth-order valence-electron chi connectivity index (χ4n) is 3.78. The maximum atomic E-state index is 6.54. The highest BCUT2D eigenvalue weighted by molar-refractivity contribution is 5.34. The van der Waals surface area contributed by atoms with E-state index in [1.807, 2.05) is 47.2 Å². The minimum Gasteiger partial charge on any atom is -0.497 e. The lowest BCUT2D eigenvalue weighted by molar-refractivity contribution is -0.186. The largest absolute Gasteiger partial charge is 0.497 e. The summed E-state index contributed by atoms with van der Waals surface area (Å²) in [5, 5.41) is 11.3. The molecule has 0 radical (unpaired) electrons. The summed E-state index contributed by atoms with van der Waals surface area (Å²) in [5.74, 6) is -0.0944. The van der Waals surface area contributed by atoms with Crippen molar-refractivity contribution in [2.45, 2.75) is 24.9 Å². The SMILES string of the molecule is COc1ccc(C2(Cn3ccnc3)OCC(Cc3ccc(-n4cnnn4)cc3)O2)cc1. The summed E-state index contributed by atoms with van der Waals surface area (Å²) in [5.41, 5.74) is 3.00. The van der Waals surface area contributed by atoms with Crippen LogP contribution < -0.4 is 4.74 Å². The number of hydrogen-bond donors (Lipinski definition) is 0. The highest BCUT2D eigenvalue weighted by Crippen LogP contribution is 2.37. The molecule has 4 aromatic rings. The number of ether oxygens (including phenoxy) is 3. The lowest BCUT2D eigenvalue weighted by Crippen LogP contribution is -2.33. The van der Waals surface area contributed by atoms with Crippen LogP contribution in [-0.2, 0) is 28.2 Å². The molecule has 1 aliphatic rings. The van der Waals surface area contributed by atoms with Crippen LogP contribution in [0.4, 0.5) is 0 Å². The van der Waals surface area contributed by atoms with E-state index in [0.29, 0.717) is 13.2 Å². The van der Waals surface area contributed by atoms with Gasteiger partial charge in [-0.2, -0.15) is 0 Å². The highest BCUT2D eigenvalue weighted by atomic mass is 16.7. The lowest BCUT2D eigenvalue weighted by Gasteiger charge is -2.29. The zero-order valence-corrected chi connectivity index (χ0v) is 17.0. The van der Waals surface area contributed by atoms with Crippen molar-refractivity contribution in [3.8, 4) is 11.4 Å². The number of methoxy groups -OCH3 is 1. The summed E-state index contributed by atoms with van der Waals surface area (Å²) >= 11 is 0. The Kier molecular flexibility index (Phi) is 5.19.